The molecule has 0 bridgehead atoms. The van der Waals surface area contributed by atoms with Gasteiger partial charge in [-0.3, -0.25) is 4.79 Å². The first-order valence-corrected chi connectivity index (χ1v) is 7.84. The van der Waals surface area contributed by atoms with Gasteiger partial charge in [0.05, 0.1) is 0 Å². The third-order valence-electron chi connectivity index (χ3n) is 3.82. The number of likely N-dealkylation sites (tertiary alicyclic amines) is 1. The van der Waals surface area contributed by atoms with Crippen molar-refractivity contribution in [3.8, 4) is 0 Å². The van der Waals surface area contributed by atoms with Crippen LogP contribution in [0.3, 0.4) is 0 Å². The van der Waals surface area contributed by atoms with Crippen LogP contribution in [0.15, 0.2) is 34.8 Å². The zero-order valence-corrected chi connectivity index (χ0v) is 13.3. The Morgan fingerprint density at radius 1 is 1.50 bits per heavy atom. The van der Waals surface area contributed by atoms with Gasteiger partial charge in [0.15, 0.2) is 0 Å². The molecule has 0 aliphatic carbocycles. The number of rotatable bonds is 3. The van der Waals surface area contributed by atoms with Crippen LogP contribution in [0, 0.1) is 5.92 Å². The van der Waals surface area contributed by atoms with Gasteiger partial charge in [0.1, 0.15) is 0 Å². The lowest BCUT2D eigenvalue weighted by Gasteiger charge is -2.34. The lowest BCUT2D eigenvalue weighted by Crippen LogP contribution is -2.44. The first kappa shape index (κ1) is 15.3. The zero-order chi connectivity index (χ0) is 14.5. The van der Waals surface area contributed by atoms with Crippen molar-refractivity contribution in [1.29, 1.82) is 0 Å². The summed E-state index contributed by atoms with van der Waals surface area (Å²) in [4.78, 5) is 14.1. The number of halogens is 1. The summed E-state index contributed by atoms with van der Waals surface area (Å²) < 4.78 is 0.996. The molecule has 0 aromatic heterocycles. The smallest absolute Gasteiger partial charge is 0.246 e. The highest BCUT2D eigenvalue weighted by molar-refractivity contribution is 9.10. The van der Waals surface area contributed by atoms with E-state index in [1.807, 2.05) is 42.2 Å². The van der Waals surface area contributed by atoms with Crippen molar-refractivity contribution in [2.24, 2.45) is 11.7 Å². The SMILES string of the molecule is CC(N)C1CCCN(C(=O)/C=C/c2ccccc2Br)C1. The van der Waals surface area contributed by atoms with Crippen molar-refractivity contribution in [3.63, 3.8) is 0 Å². The summed E-state index contributed by atoms with van der Waals surface area (Å²) in [6.45, 7) is 3.63. The van der Waals surface area contributed by atoms with Gasteiger partial charge >= 0.3 is 0 Å². The standard InChI is InChI=1S/C16H21BrN2O/c1-12(18)14-6-4-10-19(11-14)16(20)9-8-13-5-2-3-7-15(13)17/h2-3,5,7-9,12,14H,4,6,10-11,18H2,1H3/b9-8+. The fraction of sp³-hybridized carbons (Fsp3) is 0.438. The highest BCUT2D eigenvalue weighted by Crippen LogP contribution is 2.20. The maximum Gasteiger partial charge on any atom is 0.246 e. The van der Waals surface area contributed by atoms with E-state index in [9.17, 15) is 4.79 Å². The zero-order valence-electron chi connectivity index (χ0n) is 11.8. The van der Waals surface area contributed by atoms with Crippen LogP contribution in [0.4, 0.5) is 0 Å². The van der Waals surface area contributed by atoms with Gasteiger partial charge in [0.2, 0.25) is 5.91 Å². The van der Waals surface area contributed by atoms with E-state index in [1.54, 1.807) is 6.08 Å². The Morgan fingerprint density at radius 2 is 2.25 bits per heavy atom. The maximum atomic E-state index is 12.2. The summed E-state index contributed by atoms with van der Waals surface area (Å²) in [6.07, 6.45) is 5.68. The van der Waals surface area contributed by atoms with Gasteiger partial charge in [-0.2, -0.15) is 0 Å². The first-order valence-electron chi connectivity index (χ1n) is 7.05. The van der Waals surface area contributed by atoms with Crippen LogP contribution in [0.1, 0.15) is 25.3 Å². The van der Waals surface area contributed by atoms with Gasteiger partial charge in [-0.25, -0.2) is 0 Å². The number of nitrogens with zero attached hydrogens (tertiary/aromatic N) is 1. The van der Waals surface area contributed by atoms with Gasteiger partial charge in [-0.15, -0.1) is 0 Å². The topological polar surface area (TPSA) is 46.3 Å². The molecule has 2 atom stereocenters. The summed E-state index contributed by atoms with van der Waals surface area (Å²) in [5.74, 6) is 0.496. The molecule has 1 aliphatic heterocycles. The average molecular weight is 337 g/mol. The van der Waals surface area contributed by atoms with E-state index in [4.69, 9.17) is 5.73 Å². The molecule has 4 heteroatoms. The third kappa shape index (κ3) is 3.93. The maximum absolute atomic E-state index is 12.2. The van der Waals surface area contributed by atoms with Crippen LogP contribution >= 0.6 is 15.9 Å². The molecule has 0 saturated carbocycles. The van der Waals surface area contributed by atoms with Crippen molar-refractivity contribution in [2.75, 3.05) is 13.1 Å². The lowest BCUT2D eigenvalue weighted by atomic mass is 9.92. The van der Waals surface area contributed by atoms with Crippen molar-refractivity contribution in [3.05, 3.63) is 40.4 Å². The van der Waals surface area contributed by atoms with Crippen LogP contribution < -0.4 is 5.73 Å². The average Bonchev–Trinajstić information content (AvgIpc) is 2.46. The van der Waals surface area contributed by atoms with Gasteiger partial charge in [0, 0.05) is 29.7 Å². The van der Waals surface area contributed by atoms with Gasteiger partial charge in [-0.05, 0) is 43.4 Å². The second-order valence-electron chi connectivity index (χ2n) is 5.40. The van der Waals surface area contributed by atoms with Crippen LogP contribution in [0.2, 0.25) is 0 Å². The monoisotopic (exact) mass is 336 g/mol. The number of piperidine rings is 1. The van der Waals surface area contributed by atoms with E-state index in [0.717, 1.165) is 36.0 Å². The normalized spacial score (nSPS) is 21.1. The number of carbonyl (C=O) groups excluding carboxylic acids is 1. The Balaban J connectivity index is 1.99. The van der Waals surface area contributed by atoms with Gasteiger partial charge in [0.25, 0.3) is 0 Å². The number of hydrogen-bond donors (Lipinski definition) is 1. The lowest BCUT2D eigenvalue weighted by molar-refractivity contribution is -0.127. The largest absolute Gasteiger partial charge is 0.339 e. The van der Waals surface area contributed by atoms with E-state index in [0.29, 0.717) is 5.92 Å². The van der Waals surface area contributed by atoms with Crippen molar-refractivity contribution in [1.82, 2.24) is 4.90 Å². The quantitative estimate of drug-likeness (QED) is 0.862. The van der Waals surface area contributed by atoms with Crippen molar-refractivity contribution in [2.45, 2.75) is 25.8 Å². The molecule has 1 heterocycles. The predicted molar refractivity (Wildman–Crippen MR) is 86.1 cm³/mol. The molecule has 2 unspecified atom stereocenters. The molecule has 1 amide bonds. The molecule has 1 aliphatic rings. The van der Waals surface area contributed by atoms with Crippen LogP contribution in [-0.2, 0) is 4.79 Å². The van der Waals surface area contributed by atoms with Gasteiger partial charge < -0.3 is 10.6 Å². The molecule has 1 aromatic rings. The van der Waals surface area contributed by atoms with Crippen LogP contribution in [-0.4, -0.2) is 29.9 Å². The second kappa shape index (κ2) is 7.04. The molecule has 0 spiro atoms. The number of carbonyl (C=O) groups is 1. The molecule has 20 heavy (non-hydrogen) atoms. The fourth-order valence-corrected chi connectivity index (χ4v) is 2.93. The number of nitrogens with two attached hydrogens (primary N) is 1. The minimum atomic E-state index is 0.0751. The molecule has 108 valence electrons. The van der Waals surface area contributed by atoms with E-state index in [1.165, 1.54) is 0 Å². The summed E-state index contributed by atoms with van der Waals surface area (Å²) >= 11 is 3.48. The second-order valence-corrected chi connectivity index (χ2v) is 6.25. The third-order valence-corrected chi connectivity index (χ3v) is 4.55. The highest BCUT2D eigenvalue weighted by Gasteiger charge is 2.24. The molecule has 1 fully saturated rings. The molecule has 1 aromatic carbocycles. The number of amides is 1. The van der Waals surface area contributed by atoms with E-state index in [2.05, 4.69) is 15.9 Å². The molecular formula is C16H21BrN2O. The Hall–Kier alpha value is -1.13. The molecule has 2 N–H and O–H groups in total. The minimum Gasteiger partial charge on any atom is -0.339 e. The summed E-state index contributed by atoms with van der Waals surface area (Å²) in [6, 6.07) is 8.02. The summed E-state index contributed by atoms with van der Waals surface area (Å²) in [7, 11) is 0. The predicted octanol–water partition coefficient (Wildman–Crippen LogP) is 3.05. The molecule has 2 rings (SSSR count). The Bertz CT molecular complexity index is 499. The number of benzene rings is 1. The molecular weight excluding hydrogens is 316 g/mol. The van der Waals surface area contributed by atoms with Crippen LogP contribution in [0.25, 0.3) is 6.08 Å². The van der Waals surface area contributed by atoms with Crippen LogP contribution in [0.5, 0.6) is 0 Å². The number of hydrogen-bond acceptors (Lipinski definition) is 2. The summed E-state index contributed by atoms with van der Waals surface area (Å²) in [5, 5.41) is 0. The highest BCUT2D eigenvalue weighted by atomic mass is 79.9. The van der Waals surface area contributed by atoms with Crippen molar-refractivity contribution < 1.29 is 4.79 Å². The minimum absolute atomic E-state index is 0.0751. The fourth-order valence-electron chi connectivity index (χ4n) is 2.52. The summed E-state index contributed by atoms with van der Waals surface area (Å²) in [5.41, 5.74) is 6.97. The molecule has 3 nitrogen and oxygen atoms in total. The van der Waals surface area contributed by atoms with Gasteiger partial charge in [-0.1, -0.05) is 34.1 Å². The van der Waals surface area contributed by atoms with Crippen molar-refractivity contribution >= 4 is 27.9 Å². The molecule has 0 radical (unpaired) electrons. The Kier molecular flexibility index (Phi) is 5.38. The Labute approximate surface area is 129 Å². The first-order chi connectivity index (χ1) is 9.58. The van der Waals surface area contributed by atoms with E-state index in [-0.39, 0.29) is 11.9 Å². The van der Waals surface area contributed by atoms with E-state index < -0.39 is 0 Å². The van der Waals surface area contributed by atoms with E-state index >= 15 is 0 Å². The molecule has 1 saturated heterocycles. The Morgan fingerprint density at radius 3 is 2.95 bits per heavy atom.